The maximum absolute atomic E-state index is 12.9. The van der Waals surface area contributed by atoms with Gasteiger partial charge in [0.1, 0.15) is 12.1 Å². The number of halogens is 4. The Hall–Kier alpha value is -2.18. The summed E-state index contributed by atoms with van der Waals surface area (Å²) in [6.07, 6.45) is -3.56. The Morgan fingerprint density at radius 1 is 1.19 bits per heavy atom. The number of carbonyl (C=O) groups excluding carboxylic acids is 2. The number of likely N-dealkylation sites (tertiary alicyclic amines) is 1. The molecule has 2 N–H and O–H groups in total. The van der Waals surface area contributed by atoms with Gasteiger partial charge in [-0.15, -0.1) is 0 Å². The lowest BCUT2D eigenvalue weighted by Crippen LogP contribution is -2.48. The highest BCUT2D eigenvalue weighted by Gasteiger charge is 2.30. The number of aromatic nitrogens is 1. The van der Waals surface area contributed by atoms with E-state index in [1.807, 2.05) is 43.4 Å². The molecule has 0 spiro atoms. The molecular formula is C21H26F3IN4O3. The molecule has 0 aliphatic carbocycles. The summed E-state index contributed by atoms with van der Waals surface area (Å²) in [5.41, 5.74) is 0.268. The number of alkyl halides is 3. The quantitative estimate of drug-likeness (QED) is 0.494. The summed E-state index contributed by atoms with van der Waals surface area (Å²) in [5.74, 6) is 0. The van der Waals surface area contributed by atoms with Crippen molar-refractivity contribution in [1.82, 2.24) is 14.8 Å². The molecule has 3 amide bonds. The first-order chi connectivity index (χ1) is 14.8. The molecule has 1 saturated heterocycles. The Balaban J connectivity index is 1.60. The Kier molecular flexibility index (Phi) is 7.15. The molecule has 0 saturated carbocycles. The second-order valence-electron chi connectivity index (χ2n) is 8.75. The fourth-order valence-corrected chi connectivity index (χ4v) is 4.32. The molecule has 11 heteroatoms. The van der Waals surface area contributed by atoms with Crippen molar-refractivity contribution >= 4 is 51.3 Å². The highest BCUT2D eigenvalue weighted by atomic mass is 127. The van der Waals surface area contributed by atoms with Gasteiger partial charge in [-0.05, 0) is 74.4 Å². The zero-order chi connectivity index (χ0) is 23.7. The van der Waals surface area contributed by atoms with E-state index in [0.29, 0.717) is 46.2 Å². The molecule has 0 bridgehead atoms. The standard InChI is InChI=1S/C21H26F3IN4O3/c1-20(2,3)32-19(31)28-9-7-13(8-10-28)26-18(30)27-15-5-4-6-16-14(15)11-17(25)29(16)12-21(22,23)24/h4-6,11,13H,7-10,12H2,1-3H3,(H2,26,27,30). The van der Waals surface area contributed by atoms with Gasteiger partial charge in [-0.25, -0.2) is 9.59 Å². The summed E-state index contributed by atoms with van der Waals surface area (Å²) in [4.78, 5) is 26.3. The van der Waals surface area contributed by atoms with Crippen molar-refractivity contribution in [3.05, 3.63) is 28.0 Å². The summed E-state index contributed by atoms with van der Waals surface area (Å²) >= 11 is 1.86. The molecule has 7 nitrogen and oxygen atoms in total. The van der Waals surface area contributed by atoms with Crippen molar-refractivity contribution in [3.63, 3.8) is 0 Å². The molecule has 1 aromatic carbocycles. The van der Waals surface area contributed by atoms with Crippen molar-refractivity contribution in [2.45, 2.75) is 58.0 Å². The molecule has 1 fully saturated rings. The van der Waals surface area contributed by atoms with Crippen molar-refractivity contribution in [2.24, 2.45) is 0 Å². The number of anilines is 1. The van der Waals surface area contributed by atoms with Gasteiger partial charge in [0.05, 0.1) is 14.9 Å². The molecular weight excluding hydrogens is 540 g/mol. The van der Waals surface area contributed by atoms with E-state index in [1.165, 1.54) is 4.57 Å². The second kappa shape index (κ2) is 9.36. The van der Waals surface area contributed by atoms with Crippen LogP contribution in [0.3, 0.4) is 0 Å². The molecule has 1 aliphatic rings. The fourth-order valence-electron chi connectivity index (χ4n) is 3.58. The lowest BCUT2D eigenvalue weighted by Gasteiger charge is -2.33. The first-order valence-corrected chi connectivity index (χ1v) is 11.3. The Morgan fingerprint density at radius 2 is 1.84 bits per heavy atom. The number of ether oxygens (including phenoxy) is 1. The molecule has 0 unspecified atom stereocenters. The topological polar surface area (TPSA) is 75.6 Å². The third kappa shape index (κ3) is 6.42. The summed E-state index contributed by atoms with van der Waals surface area (Å²) in [5, 5.41) is 6.17. The van der Waals surface area contributed by atoms with Crippen molar-refractivity contribution in [2.75, 3.05) is 18.4 Å². The fraction of sp³-hybridized carbons (Fsp3) is 0.524. The number of benzene rings is 1. The first kappa shape index (κ1) is 24.5. The monoisotopic (exact) mass is 566 g/mol. The average Bonchev–Trinajstić information content (AvgIpc) is 2.96. The smallest absolute Gasteiger partial charge is 0.410 e. The van der Waals surface area contributed by atoms with E-state index < -0.39 is 24.4 Å². The number of hydrogen-bond donors (Lipinski definition) is 2. The van der Waals surface area contributed by atoms with Gasteiger partial charge in [-0.3, -0.25) is 0 Å². The number of piperidine rings is 1. The van der Waals surface area contributed by atoms with Crippen molar-refractivity contribution in [1.29, 1.82) is 0 Å². The minimum atomic E-state index is -4.35. The minimum Gasteiger partial charge on any atom is -0.444 e. The number of fused-ring (bicyclic) bond motifs is 1. The third-order valence-electron chi connectivity index (χ3n) is 4.96. The molecule has 1 aliphatic heterocycles. The van der Waals surface area contributed by atoms with E-state index in [-0.39, 0.29) is 12.1 Å². The largest absolute Gasteiger partial charge is 0.444 e. The van der Waals surface area contributed by atoms with E-state index in [0.717, 1.165) is 0 Å². The normalized spacial score (nSPS) is 15.7. The maximum Gasteiger partial charge on any atom is 0.410 e. The van der Waals surface area contributed by atoms with Crippen LogP contribution < -0.4 is 10.6 Å². The van der Waals surface area contributed by atoms with E-state index in [4.69, 9.17) is 4.74 Å². The van der Waals surface area contributed by atoms with Crippen LogP contribution in [0, 0.1) is 3.70 Å². The van der Waals surface area contributed by atoms with Crippen LogP contribution in [0.1, 0.15) is 33.6 Å². The predicted octanol–water partition coefficient (Wildman–Crippen LogP) is 5.33. The zero-order valence-corrected chi connectivity index (χ0v) is 20.2. The minimum absolute atomic E-state index is 0.122. The molecule has 2 aromatic rings. The maximum atomic E-state index is 12.9. The number of hydrogen-bond acceptors (Lipinski definition) is 3. The molecule has 1 aromatic heterocycles. The van der Waals surface area contributed by atoms with Crippen LogP contribution in [-0.2, 0) is 11.3 Å². The lowest BCUT2D eigenvalue weighted by atomic mass is 10.1. The molecule has 176 valence electrons. The van der Waals surface area contributed by atoms with Gasteiger partial charge in [0, 0.05) is 24.5 Å². The van der Waals surface area contributed by atoms with E-state index >= 15 is 0 Å². The predicted molar refractivity (Wildman–Crippen MR) is 124 cm³/mol. The number of amides is 3. The van der Waals surface area contributed by atoms with Crippen molar-refractivity contribution in [3.8, 4) is 0 Å². The molecule has 3 rings (SSSR count). The highest BCUT2D eigenvalue weighted by molar-refractivity contribution is 14.1. The average molecular weight is 566 g/mol. The lowest BCUT2D eigenvalue weighted by molar-refractivity contribution is -0.140. The Bertz CT molecular complexity index is 993. The zero-order valence-electron chi connectivity index (χ0n) is 18.1. The first-order valence-electron chi connectivity index (χ1n) is 10.2. The molecule has 0 atom stereocenters. The molecule has 0 radical (unpaired) electrons. The van der Waals surface area contributed by atoms with E-state index in [9.17, 15) is 22.8 Å². The third-order valence-corrected chi connectivity index (χ3v) is 5.86. The van der Waals surface area contributed by atoms with Gasteiger partial charge < -0.3 is 24.8 Å². The SMILES string of the molecule is CC(C)(C)OC(=O)N1CCC(NC(=O)Nc2cccc3c2cc(I)n3CC(F)(F)F)CC1. The molecule has 32 heavy (non-hydrogen) atoms. The highest BCUT2D eigenvalue weighted by Crippen LogP contribution is 2.31. The Morgan fingerprint density at radius 3 is 2.44 bits per heavy atom. The summed E-state index contributed by atoms with van der Waals surface area (Å²) in [6.45, 7) is 5.26. The van der Waals surface area contributed by atoms with Gasteiger partial charge in [-0.2, -0.15) is 13.2 Å². The summed E-state index contributed by atoms with van der Waals surface area (Å²) in [7, 11) is 0. The Labute approximate surface area is 197 Å². The van der Waals surface area contributed by atoms with Crippen LogP contribution in [0.5, 0.6) is 0 Å². The number of nitrogens with zero attached hydrogens (tertiary/aromatic N) is 2. The van der Waals surface area contributed by atoms with Gasteiger partial charge in [0.25, 0.3) is 0 Å². The van der Waals surface area contributed by atoms with Gasteiger partial charge >= 0.3 is 18.3 Å². The molecule has 2 heterocycles. The van der Waals surface area contributed by atoms with Crippen LogP contribution in [-0.4, -0.2) is 52.5 Å². The van der Waals surface area contributed by atoms with Gasteiger partial charge in [0.2, 0.25) is 0 Å². The van der Waals surface area contributed by atoms with Gasteiger partial charge in [-0.1, -0.05) is 6.07 Å². The van der Waals surface area contributed by atoms with Crippen LogP contribution in [0.25, 0.3) is 10.9 Å². The van der Waals surface area contributed by atoms with E-state index in [2.05, 4.69) is 10.6 Å². The summed E-state index contributed by atoms with van der Waals surface area (Å²) in [6, 6.07) is 5.92. The number of nitrogens with one attached hydrogen (secondary N) is 2. The summed E-state index contributed by atoms with van der Waals surface area (Å²) < 4.78 is 45.7. The van der Waals surface area contributed by atoms with E-state index in [1.54, 1.807) is 29.2 Å². The van der Waals surface area contributed by atoms with Crippen LogP contribution in [0.4, 0.5) is 28.4 Å². The van der Waals surface area contributed by atoms with Crippen molar-refractivity contribution < 1.29 is 27.5 Å². The number of rotatable bonds is 3. The van der Waals surface area contributed by atoms with Crippen LogP contribution in [0.2, 0.25) is 0 Å². The van der Waals surface area contributed by atoms with Crippen LogP contribution >= 0.6 is 22.6 Å². The van der Waals surface area contributed by atoms with Crippen LogP contribution in [0.15, 0.2) is 24.3 Å². The second-order valence-corrected chi connectivity index (χ2v) is 9.85. The number of carbonyl (C=O) groups is 2. The van der Waals surface area contributed by atoms with Gasteiger partial charge in [0.15, 0.2) is 0 Å². The number of urea groups is 1.